The second-order valence-corrected chi connectivity index (χ2v) is 14.8. The van der Waals surface area contributed by atoms with Crippen LogP contribution >= 0.6 is 0 Å². The molecule has 286 valence electrons. The molecule has 5 N–H and O–H groups in total. The van der Waals surface area contributed by atoms with Gasteiger partial charge in [0.2, 0.25) is 23.5 Å². The molecule has 4 rings (SSSR count). The second-order valence-electron chi connectivity index (χ2n) is 14.8. The van der Waals surface area contributed by atoms with Gasteiger partial charge in [0.05, 0.1) is 19.2 Å². The molecule has 2 aliphatic carbocycles. The quantitative estimate of drug-likeness (QED) is 0.159. The van der Waals surface area contributed by atoms with Gasteiger partial charge in [-0.2, -0.15) is 0 Å². The normalized spacial score (nSPS) is 21.9. The van der Waals surface area contributed by atoms with Gasteiger partial charge in [-0.1, -0.05) is 89.6 Å². The van der Waals surface area contributed by atoms with Crippen molar-refractivity contribution >= 4 is 41.5 Å². The summed E-state index contributed by atoms with van der Waals surface area (Å²) in [7, 11) is 0. The highest BCUT2D eigenvalue weighted by molar-refractivity contribution is 6.38. The van der Waals surface area contributed by atoms with Gasteiger partial charge in [0.25, 0.3) is 5.91 Å². The predicted octanol–water partition coefficient (Wildman–Crippen LogP) is 3.39. The van der Waals surface area contributed by atoms with Crippen molar-refractivity contribution in [2.75, 3.05) is 13.2 Å². The number of hydrogen-bond acceptors (Lipinski definition) is 8. The van der Waals surface area contributed by atoms with Crippen LogP contribution in [0, 0.1) is 17.8 Å². The maximum absolute atomic E-state index is 14.6. The van der Waals surface area contributed by atoms with Crippen LogP contribution in [0.2, 0.25) is 0 Å². The number of alkyl carbamates (subject to hydrolysis) is 1. The minimum Gasteiger partial charge on any atom is -0.479 e. The van der Waals surface area contributed by atoms with Crippen LogP contribution in [0.15, 0.2) is 30.3 Å². The molecule has 1 heterocycles. The molecule has 14 nitrogen and oxygen atoms in total. The van der Waals surface area contributed by atoms with Gasteiger partial charge < -0.3 is 36.0 Å². The maximum Gasteiger partial charge on any atom is 0.407 e. The molecule has 6 atom stereocenters. The molecule has 3 fully saturated rings. The zero-order valence-corrected chi connectivity index (χ0v) is 30.6. The number of amides is 5. The van der Waals surface area contributed by atoms with E-state index >= 15 is 0 Å². The third kappa shape index (κ3) is 10.8. The number of carbonyl (C=O) groups is 7. The molecule has 1 aromatic rings. The van der Waals surface area contributed by atoms with E-state index in [-0.39, 0.29) is 42.7 Å². The number of likely N-dealkylation sites (tertiary alicyclic amines) is 1. The highest BCUT2D eigenvalue weighted by Gasteiger charge is 2.50. The molecule has 1 aliphatic heterocycles. The summed E-state index contributed by atoms with van der Waals surface area (Å²) < 4.78 is 5.40. The Morgan fingerprint density at radius 2 is 1.56 bits per heavy atom. The lowest BCUT2D eigenvalue weighted by atomic mass is 9.82. The Bertz CT molecular complexity index is 1430. The summed E-state index contributed by atoms with van der Waals surface area (Å²) in [5.41, 5.74) is 0.336. The van der Waals surface area contributed by atoms with Crippen LogP contribution in [0.1, 0.15) is 109 Å². The maximum atomic E-state index is 14.6. The van der Waals surface area contributed by atoms with E-state index in [4.69, 9.17) is 4.74 Å². The van der Waals surface area contributed by atoms with E-state index in [0.717, 1.165) is 57.8 Å². The molecule has 2 saturated carbocycles. The fraction of sp³-hybridized carbons (Fsp3) is 0.658. The van der Waals surface area contributed by atoms with Gasteiger partial charge in [-0.3, -0.25) is 24.0 Å². The lowest BCUT2D eigenvalue weighted by molar-refractivity contribution is -0.145. The first-order valence-electron chi connectivity index (χ1n) is 18.9. The summed E-state index contributed by atoms with van der Waals surface area (Å²) in [4.78, 5) is 93.9. The Kier molecular flexibility index (Phi) is 15.0. The van der Waals surface area contributed by atoms with Crippen LogP contribution in [0.4, 0.5) is 4.79 Å². The van der Waals surface area contributed by atoms with Gasteiger partial charge in [-0.05, 0) is 61.8 Å². The van der Waals surface area contributed by atoms with Crippen LogP contribution < -0.4 is 21.3 Å². The number of benzene rings is 1. The number of carbonyl (C=O) groups excluding carboxylic acids is 6. The third-order valence-corrected chi connectivity index (χ3v) is 10.4. The fourth-order valence-corrected chi connectivity index (χ4v) is 7.81. The highest BCUT2D eigenvalue weighted by atomic mass is 16.5. The monoisotopic (exact) mass is 725 g/mol. The number of hydrogen-bond donors (Lipinski definition) is 5. The Morgan fingerprint density at radius 3 is 2.21 bits per heavy atom. The van der Waals surface area contributed by atoms with Crippen LogP contribution in [0.5, 0.6) is 0 Å². The van der Waals surface area contributed by atoms with E-state index in [9.17, 15) is 38.7 Å². The Labute approximate surface area is 305 Å². The largest absolute Gasteiger partial charge is 0.479 e. The Balaban J connectivity index is 1.46. The fourth-order valence-electron chi connectivity index (χ4n) is 7.81. The van der Waals surface area contributed by atoms with Crippen molar-refractivity contribution < 1.29 is 43.4 Å². The van der Waals surface area contributed by atoms with Gasteiger partial charge >= 0.3 is 12.1 Å². The number of nitrogens with one attached hydrogen (secondary N) is 4. The van der Waals surface area contributed by atoms with E-state index in [1.807, 2.05) is 13.8 Å². The topological polar surface area (TPSA) is 200 Å². The third-order valence-electron chi connectivity index (χ3n) is 10.4. The van der Waals surface area contributed by atoms with E-state index < -0.39 is 66.3 Å². The first-order chi connectivity index (χ1) is 24.9. The van der Waals surface area contributed by atoms with Crippen molar-refractivity contribution in [1.82, 2.24) is 26.2 Å². The van der Waals surface area contributed by atoms with Crippen LogP contribution in [-0.4, -0.2) is 88.8 Å². The number of ether oxygens (including phenoxy) is 1. The van der Waals surface area contributed by atoms with Gasteiger partial charge in [-0.15, -0.1) is 0 Å². The Hall–Kier alpha value is -4.49. The molecule has 0 aromatic heterocycles. The zero-order chi connectivity index (χ0) is 37.8. The summed E-state index contributed by atoms with van der Waals surface area (Å²) in [6.07, 6.45) is 8.25. The van der Waals surface area contributed by atoms with Gasteiger partial charge in [0, 0.05) is 6.04 Å². The molecular weight excluding hydrogens is 670 g/mol. The predicted molar refractivity (Wildman–Crippen MR) is 190 cm³/mol. The number of carboxylic acids is 1. The standard InChI is InChI=1S/C38H55N5O9/c1-4-13-27(33(45)35(47)39-21-30(44)41-32(37(49)50)25-16-9-6-10-17-25)40-34(46)29-20-26-18-11-12-19-28(26)43(29)36(48)31(24-14-7-5-8-15-24)42-38(51)52-22-23(2)3/h6,9-10,16-17,23-24,26-29,31-32H,4-5,7-8,11-15,18-22H2,1-3H3,(H,39,47)(H,40,46)(H,41,44)(H,42,51)(H,49,50)/t26-,27?,28-,29-,31?,32-/m0/s1. The Morgan fingerprint density at radius 1 is 0.885 bits per heavy atom. The molecule has 0 bridgehead atoms. The summed E-state index contributed by atoms with van der Waals surface area (Å²) in [5, 5.41) is 19.8. The van der Waals surface area contributed by atoms with Crippen LogP contribution in [-0.2, 0) is 33.5 Å². The first kappa shape index (κ1) is 40.3. The van der Waals surface area contributed by atoms with Crippen molar-refractivity contribution in [3.63, 3.8) is 0 Å². The molecule has 0 radical (unpaired) electrons. The highest BCUT2D eigenvalue weighted by Crippen LogP contribution is 2.41. The van der Waals surface area contributed by atoms with E-state index in [0.29, 0.717) is 18.4 Å². The number of nitrogens with zero attached hydrogens (tertiary/aromatic N) is 1. The summed E-state index contributed by atoms with van der Waals surface area (Å²) in [6.45, 7) is 5.20. The molecule has 14 heteroatoms. The zero-order valence-electron chi connectivity index (χ0n) is 30.6. The SMILES string of the molecule is CCCC(NC(=O)[C@@H]1C[C@@H]2CCCC[C@@H]2N1C(=O)C(NC(=O)OCC(C)C)C1CCCCC1)C(=O)C(=O)NCC(=O)N[C@H](C(=O)O)c1ccccc1. The lowest BCUT2D eigenvalue weighted by Crippen LogP contribution is -2.60. The van der Waals surface area contributed by atoms with Crippen LogP contribution in [0.3, 0.4) is 0 Å². The van der Waals surface area contributed by atoms with E-state index in [2.05, 4.69) is 21.3 Å². The summed E-state index contributed by atoms with van der Waals surface area (Å²) >= 11 is 0. The number of ketones is 1. The molecule has 1 saturated heterocycles. The van der Waals surface area contributed by atoms with Crippen molar-refractivity contribution in [2.45, 2.75) is 128 Å². The van der Waals surface area contributed by atoms with Gasteiger partial charge in [0.15, 0.2) is 6.04 Å². The number of rotatable bonds is 16. The average Bonchev–Trinajstić information content (AvgIpc) is 3.54. The van der Waals surface area contributed by atoms with Gasteiger partial charge in [0.1, 0.15) is 12.1 Å². The summed E-state index contributed by atoms with van der Waals surface area (Å²) in [5.74, 6) is -4.93. The number of carboxylic acid groups (broad SMARTS) is 1. The lowest BCUT2D eigenvalue weighted by Gasteiger charge is -2.39. The number of Topliss-reactive ketones (excluding diaryl/α,β-unsaturated/α-hetero) is 1. The second kappa shape index (κ2) is 19.4. The van der Waals surface area contributed by atoms with Crippen molar-refractivity contribution in [1.29, 1.82) is 0 Å². The number of aliphatic carboxylic acids is 1. The van der Waals surface area contributed by atoms with E-state index in [1.165, 1.54) is 0 Å². The molecule has 2 unspecified atom stereocenters. The summed E-state index contributed by atoms with van der Waals surface area (Å²) in [6, 6.07) is 3.54. The minimum absolute atomic E-state index is 0.0843. The van der Waals surface area contributed by atoms with Crippen LogP contribution in [0.25, 0.3) is 0 Å². The molecule has 52 heavy (non-hydrogen) atoms. The average molecular weight is 726 g/mol. The smallest absolute Gasteiger partial charge is 0.407 e. The molecule has 5 amide bonds. The first-order valence-corrected chi connectivity index (χ1v) is 18.9. The molecular formula is C38H55N5O9. The van der Waals surface area contributed by atoms with Crippen molar-refractivity contribution in [2.24, 2.45) is 17.8 Å². The van der Waals surface area contributed by atoms with Gasteiger partial charge in [-0.25, -0.2) is 9.59 Å². The van der Waals surface area contributed by atoms with Crippen molar-refractivity contribution in [3.05, 3.63) is 35.9 Å². The van der Waals surface area contributed by atoms with Crippen molar-refractivity contribution in [3.8, 4) is 0 Å². The minimum atomic E-state index is -1.35. The number of fused-ring (bicyclic) bond motifs is 1. The molecule has 3 aliphatic rings. The molecule has 0 spiro atoms. The van der Waals surface area contributed by atoms with E-state index in [1.54, 1.807) is 42.2 Å². The molecule has 1 aromatic carbocycles.